The van der Waals surface area contributed by atoms with Crippen LogP contribution in [0.5, 0.6) is 0 Å². The number of allylic oxidation sites excluding steroid dienone is 1. The molecule has 0 spiro atoms. The second-order valence-corrected chi connectivity index (χ2v) is 4.32. The van der Waals surface area contributed by atoms with E-state index in [0.717, 1.165) is 18.2 Å². The van der Waals surface area contributed by atoms with Crippen LogP contribution in [0.25, 0.3) is 0 Å². The minimum absolute atomic E-state index is 0.156. The molecule has 0 heterocycles. The first kappa shape index (κ1) is 17.9. The first-order valence-electron chi connectivity index (χ1n) is 6.47. The van der Waals surface area contributed by atoms with Crippen molar-refractivity contribution in [2.24, 2.45) is 10.2 Å². The molecule has 0 aliphatic heterocycles. The van der Waals surface area contributed by atoms with Crippen molar-refractivity contribution < 1.29 is 19.4 Å². The van der Waals surface area contributed by atoms with Gasteiger partial charge in [0.2, 0.25) is 0 Å². The van der Waals surface area contributed by atoms with Gasteiger partial charge < -0.3 is 4.74 Å². The Morgan fingerprint density at radius 2 is 1.87 bits per heavy atom. The normalized spacial score (nSPS) is 12.0. The molecular formula is C13H14N4O6. The molecule has 0 aromatic heterocycles. The van der Waals surface area contributed by atoms with E-state index < -0.39 is 27.2 Å². The van der Waals surface area contributed by atoms with Crippen LogP contribution in [-0.4, -0.2) is 22.4 Å². The van der Waals surface area contributed by atoms with Gasteiger partial charge in [0.15, 0.2) is 5.69 Å². The molecule has 0 atom stereocenters. The zero-order valence-corrected chi connectivity index (χ0v) is 12.7. The molecule has 0 amide bonds. The average Bonchev–Trinajstić information content (AvgIpc) is 2.51. The number of carbonyl (C=O) groups excluding carboxylic acids is 1. The fourth-order valence-electron chi connectivity index (χ4n) is 1.45. The van der Waals surface area contributed by atoms with Crippen LogP contribution >= 0.6 is 0 Å². The molecule has 1 aromatic rings. The average molecular weight is 322 g/mol. The number of esters is 1. The molecule has 23 heavy (non-hydrogen) atoms. The molecule has 0 N–H and O–H groups in total. The third-order valence-corrected chi connectivity index (χ3v) is 2.80. The Morgan fingerprint density at radius 1 is 1.22 bits per heavy atom. The second kappa shape index (κ2) is 7.73. The van der Waals surface area contributed by atoms with Crippen molar-refractivity contribution in [1.29, 1.82) is 0 Å². The van der Waals surface area contributed by atoms with E-state index in [-0.39, 0.29) is 23.6 Å². The highest BCUT2D eigenvalue weighted by Crippen LogP contribution is 2.31. The molecular weight excluding hydrogens is 308 g/mol. The van der Waals surface area contributed by atoms with Gasteiger partial charge in [0.1, 0.15) is 0 Å². The van der Waals surface area contributed by atoms with E-state index in [9.17, 15) is 25.0 Å². The van der Waals surface area contributed by atoms with Crippen molar-refractivity contribution in [2.75, 3.05) is 6.61 Å². The van der Waals surface area contributed by atoms with Gasteiger partial charge in [0, 0.05) is 6.07 Å². The van der Waals surface area contributed by atoms with Gasteiger partial charge in [-0.25, -0.2) is 4.79 Å². The smallest absolute Gasteiger partial charge is 0.335 e. The topological polar surface area (TPSA) is 137 Å². The van der Waals surface area contributed by atoms with E-state index in [4.69, 9.17) is 4.74 Å². The number of azo groups is 1. The standard InChI is InChI=1S/C13H14N4O6/c1-4-23-13(18)8(2)9(3)14-15-11-6-5-10(16(19)20)7-12(11)17(21)22/h5-7H,4H2,1-3H3/b9-8+,15-14?. The third kappa shape index (κ3) is 4.66. The Balaban J connectivity index is 3.17. The number of nitro benzene ring substituents is 2. The Bertz CT molecular complexity index is 710. The lowest BCUT2D eigenvalue weighted by molar-refractivity contribution is -0.393. The Hall–Kier alpha value is -3.17. The van der Waals surface area contributed by atoms with Crippen LogP contribution in [0.2, 0.25) is 0 Å². The molecule has 10 heteroatoms. The number of hydrogen-bond acceptors (Lipinski definition) is 8. The summed E-state index contributed by atoms with van der Waals surface area (Å²) in [4.78, 5) is 31.6. The van der Waals surface area contributed by atoms with Gasteiger partial charge in [-0.2, -0.15) is 5.11 Å². The van der Waals surface area contributed by atoms with E-state index in [0.29, 0.717) is 0 Å². The number of hydrogen-bond donors (Lipinski definition) is 0. The predicted molar refractivity (Wildman–Crippen MR) is 79.3 cm³/mol. The summed E-state index contributed by atoms with van der Waals surface area (Å²) in [5.74, 6) is -0.567. The number of non-ortho nitro benzene ring substituents is 1. The van der Waals surface area contributed by atoms with Gasteiger partial charge >= 0.3 is 11.7 Å². The maximum atomic E-state index is 11.5. The van der Waals surface area contributed by atoms with Crippen molar-refractivity contribution in [3.05, 3.63) is 49.7 Å². The molecule has 122 valence electrons. The maximum Gasteiger partial charge on any atom is 0.335 e. The lowest BCUT2D eigenvalue weighted by atomic mass is 10.2. The van der Waals surface area contributed by atoms with E-state index in [1.807, 2.05) is 0 Å². The molecule has 0 saturated heterocycles. The van der Waals surface area contributed by atoms with Gasteiger partial charge in [-0.1, -0.05) is 0 Å². The molecule has 0 radical (unpaired) electrons. The molecule has 0 saturated carbocycles. The van der Waals surface area contributed by atoms with Gasteiger partial charge in [-0.05, 0) is 26.8 Å². The summed E-state index contributed by atoms with van der Waals surface area (Å²) in [6, 6.07) is 3.00. The SMILES string of the molecule is CCOC(=O)/C(C)=C(\C)N=Nc1ccc([N+](=O)[O-])cc1[N+](=O)[O-]. The molecule has 0 aliphatic carbocycles. The lowest BCUT2D eigenvalue weighted by Gasteiger charge is -2.02. The lowest BCUT2D eigenvalue weighted by Crippen LogP contribution is -2.06. The highest BCUT2D eigenvalue weighted by atomic mass is 16.6. The third-order valence-electron chi connectivity index (χ3n) is 2.80. The summed E-state index contributed by atoms with van der Waals surface area (Å²) < 4.78 is 4.80. The number of rotatable bonds is 6. The van der Waals surface area contributed by atoms with E-state index in [1.165, 1.54) is 13.8 Å². The summed E-state index contributed by atoms with van der Waals surface area (Å²) in [5, 5.41) is 29.0. The van der Waals surface area contributed by atoms with Crippen LogP contribution in [0.15, 0.2) is 39.7 Å². The fraction of sp³-hybridized carbons (Fsp3) is 0.308. The van der Waals surface area contributed by atoms with Gasteiger partial charge in [-0.3, -0.25) is 20.2 Å². The Morgan fingerprint density at radius 3 is 2.39 bits per heavy atom. The van der Waals surface area contributed by atoms with Crippen molar-refractivity contribution in [3.63, 3.8) is 0 Å². The van der Waals surface area contributed by atoms with Crippen molar-refractivity contribution >= 4 is 23.0 Å². The first-order chi connectivity index (χ1) is 10.8. The fourth-order valence-corrected chi connectivity index (χ4v) is 1.45. The second-order valence-electron chi connectivity index (χ2n) is 4.32. The zero-order valence-electron chi connectivity index (χ0n) is 12.7. The van der Waals surface area contributed by atoms with Crippen molar-refractivity contribution in [1.82, 2.24) is 0 Å². The van der Waals surface area contributed by atoms with Gasteiger partial charge in [0.25, 0.3) is 5.69 Å². The molecule has 10 nitrogen and oxygen atoms in total. The molecule has 1 rings (SSSR count). The van der Waals surface area contributed by atoms with Crippen LogP contribution in [0.4, 0.5) is 17.1 Å². The summed E-state index contributed by atoms with van der Waals surface area (Å²) >= 11 is 0. The first-order valence-corrected chi connectivity index (χ1v) is 6.47. The maximum absolute atomic E-state index is 11.5. The molecule has 0 fully saturated rings. The van der Waals surface area contributed by atoms with Crippen molar-refractivity contribution in [2.45, 2.75) is 20.8 Å². The monoisotopic (exact) mass is 322 g/mol. The summed E-state index contributed by atoms with van der Waals surface area (Å²) in [5.41, 5.74) is -0.706. The number of nitro groups is 2. The minimum Gasteiger partial charge on any atom is -0.463 e. The van der Waals surface area contributed by atoms with Gasteiger partial charge in [0.05, 0.1) is 33.8 Å². The predicted octanol–water partition coefficient (Wildman–Crippen LogP) is 3.44. The minimum atomic E-state index is -0.793. The van der Waals surface area contributed by atoms with Gasteiger partial charge in [-0.15, -0.1) is 5.11 Å². The van der Waals surface area contributed by atoms with Crippen molar-refractivity contribution in [3.8, 4) is 0 Å². The van der Waals surface area contributed by atoms with Crippen LogP contribution in [-0.2, 0) is 9.53 Å². The van der Waals surface area contributed by atoms with Crippen LogP contribution in [0.1, 0.15) is 20.8 Å². The highest BCUT2D eigenvalue weighted by molar-refractivity contribution is 5.88. The number of nitrogens with zero attached hydrogens (tertiary/aromatic N) is 4. The van der Waals surface area contributed by atoms with Crippen LogP contribution in [0, 0.1) is 20.2 Å². The summed E-state index contributed by atoms with van der Waals surface area (Å²) in [6.45, 7) is 4.83. The Kier molecular flexibility index (Phi) is 6.01. The highest BCUT2D eigenvalue weighted by Gasteiger charge is 2.19. The van der Waals surface area contributed by atoms with E-state index in [1.54, 1.807) is 6.92 Å². The zero-order chi connectivity index (χ0) is 17.6. The molecule has 0 aliphatic rings. The number of ether oxygens (including phenoxy) is 1. The number of carbonyl (C=O) groups is 1. The Labute approximate surface area is 130 Å². The van der Waals surface area contributed by atoms with Crippen LogP contribution < -0.4 is 0 Å². The van der Waals surface area contributed by atoms with E-state index >= 15 is 0 Å². The summed E-state index contributed by atoms with van der Waals surface area (Å²) in [7, 11) is 0. The van der Waals surface area contributed by atoms with E-state index in [2.05, 4.69) is 10.2 Å². The summed E-state index contributed by atoms with van der Waals surface area (Å²) in [6.07, 6.45) is 0. The molecule has 0 unspecified atom stereocenters. The van der Waals surface area contributed by atoms with Crippen LogP contribution in [0.3, 0.4) is 0 Å². The quantitative estimate of drug-likeness (QED) is 0.258. The molecule has 1 aromatic carbocycles. The number of benzene rings is 1. The molecule has 0 bridgehead atoms. The largest absolute Gasteiger partial charge is 0.463 e.